The van der Waals surface area contributed by atoms with Gasteiger partial charge >= 0.3 is 0 Å². The molecule has 0 aromatic heterocycles. The van der Waals surface area contributed by atoms with E-state index < -0.39 is 0 Å². The summed E-state index contributed by atoms with van der Waals surface area (Å²) >= 11 is 5.82. The lowest BCUT2D eigenvalue weighted by Crippen LogP contribution is -2.00. The topological polar surface area (TPSA) is 32.3 Å². The van der Waals surface area contributed by atoms with E-state index in [2.05, 4.69) is 5.32 Å². The minimum absolute atomic E-state index is 0.291. The van der Waals surface area contributed by atoms with Crippen LogP contribution in [-0.2, 0) is 6.54 Å². The highest BCUT2D eigenvalue weighted by atomic mass is 35.5. The van der Waals surface area contributed by atoms with Gasteiger partial charge in [0.15, 0.2) is 0 Å². The highest BCUT2D eigenvalue weighted by Crippen LogP contribution is 2.21. The molecule has 2 rings (SSSR count). The molecule has 0 radical (unpaired) electrons. The highest BCUT2D eigenvalue weighted by molar-refractivity contribution is 6.30. The molecule has 0 aliphatic heterocycles. The lowest BCUT2D eigenvalue weighted by atomic mass is 10.1. The maximum absolute atomic E-state index is 9.31. The van der Waals surface area contributed by atoms with Crippen LogP contribution in [0.3, 0.4) is 0 Å². The molecule has 0 aliphatic carbocycles. The van der Waals surface area contributed by atoms with Crippen molar-refractivity contribution in [1.82, 2.24) is 0 Å². The molecule has 2 aromatic rings. The predicted octanol–water partition coefficient (Wildman–Crippen LogP) is 3.97. The lowest BCUT2D eigenvalue weighted by molar-refractivity contribution is 0.475. The molecule has 2 aromatic carbocycles. The minimum Gasteiger partial charge on any atom is -0.508 e. The van der Waals surface area contributed by atoms with Crippen molar-refractivity contribution < 1.29 is 5.11 Å². The van der Waals surface area contributed by atoms with Crippen molar-refractivity contribution in [2.75, 3.05) is 5.32 Å². The third-order valence-corrected chi connectivity index (χ3v) is 2.86. The van der Waals surface area contributed by atoms with Crippen molar-refractivity contribution in [3.63, 3.8) is 0 Å². The fourth-order valence-electron chi connectivity index (χ4n) is 1.65. The van der Waals surface area contributed by atoms with Crippen molar-refractivity contribution in [3.8, 4) is 5.75 Å². The number of phenols is 1. The van der Waals surface area contributed by atoms with Crippen molar-refractivity contribution >= 4 is 17.3 Å². The third kappa shape index (κ3) is 3.14. The summed E-state index contributed by atoms with van der Waals surface area (Å²) in [7, 11) is 0. The number of hydrogen-bond acceptors (Lipinski definition) is 2. The number of hydrogen-bond donors (Lipinski definition) is 2. The molecule has 88 valence electrons. The van der Waals surface area contributed by atoms with E-state index in [1.807, 2.05) is 37.3 Å². The molecular formula is C14H14ClNO. The fourth-order valence-corrected chi connectivity index (χ4v) is 1.77. The standard InChI is InChI=1S/C14H14ClNO/c1-10-8-13(17)6-7-14(10)16-9-11-2-4-12(15)5-3-11/h2-8,16-17H,9H2,1H3. The second-order valence-corrected chi connectivity index (χ2v) is 4.42. The first-order valence-corrected chi connectivity index (χ1v) is 5.81. The molecule has 2 N–H and O–H groups in total. The number of anilines is 1. The minimum atomic E-state index is 0.291. The molecule has 0 bridgehead atoms. The van der Waals surface area contributed by atoms with Gasteiger partial charge in [0.1, 0.15) is 5.75 Å². The number of aromatic hydroxyl groups is 1. The maximum atomic E-state index is 9.31. The van der Waals surface area contributed by atoms with E-state index in [0.717, 1.165) is 22.8 Å². The van der Waals surface area contributed by atoms with E-state index in [1.165, 1.54) is 5.56 Å². The summed E-state index contributed by atoms with van der Waals surface area (Å²) in [6.07, 6.45) is 0. The first-order chi connectivity index (χ1) is 8.15. The van der Waals surface area contributed by atoms with Gasteiger partial charge in [-0.25, -0.2) is 0 Å². The summed E-state index contributed by atoms with van der Waals surface area (Å²) in [5.41, 5.74) is 3.22. The zero-order valence-corrected chi connectivity index (χ0v) is 10.3. The molecule has 0 fully saturated rings. The van der Waals surface area contributed by atoms with Gasteiger partial charge < -0.3 is 10.4 Å². The van der Waals surface area contributed by atoms with Crippen LogP contribution in [0.5, 0.6) is 5.75 Å². The Morgan fingerprint density at radius 3 is 2.47 bits per heavy atom. The fraction of sp³-hybridized carbons (Fsp3) is 0.143. The average molecular weight is 248 g/mol. The quantitative estimate of drug-likeness (QED) is 0.805. The van der Waals surface area contributed by atoms with Crippen LogP contribution in [0.1, 0.15) is 11.1 Å². The summed E-state index contributed by atoms with van der Waals surface area (Å²) in [5.74, 6) is 0.291. The Morgan fingerprint density at radius 1 is 1.12 bits per heavy atom. The van der Waals surface area contributed by atoms with Gasteiger partial charge in [0.2, 0.25) is 0 Å². The Balaban J connectivity index is 2.04. The van der Waals surface area contributed by atoms with Gasteiger partial charge in [0, 0.05) is 17.3 Å². The van der Waals surface area contributed by atoms with Crippen LogP contribution in [0.4, 0.5) is 5.69 Å². The van der Waals surface area contributed by atoms with Crippen LogP contribution in [0.25, 0.3) is 0 Å². The smallest absolute Gasteiger partial charge is 0.115 e. The summed E-state index contributed by atoms with van der Waals surface area (Å²) in [5, 5.41) is 13.4. The Morgan fingerprint density at radius 2 is 1.82 bits per heavy atom. The zero-order valence-electron chi connectivity index (χ0n) is 9.57. The number of phenolic OH excluding ortho intramolecular Hbond substituents is 1. The summed E-state index contributed by atoms with van der Waals surface area (Å²) in [6, 6.07) is 13.0. The second kappa shape index (κ2) is 5.11. The van der Waals surface area contributed by atoms with Crippen molar-refractivity contribution in [2.45, 2.75) is 13.5 Å². The molecular weight excluding hydrogens is 234 g/mol. The van der Waals surface area contributed by atoms with Gasteiger partial charge in [-0.1, -0.05) is 23.7 Å². The number of rotatable bonds is 3. The van der Waals surface area contributed by atoms with E-state index >= 15 is 0 Å². The summed E-state index contributed by atoms with van der Waals surface area (Å²) in [4.78, 5) is 0. The van der Waals surface area contributed by atoms with Gasteiger partial charge in [-0.05, 0) is 48.4 Å². The normalized spacial score (nSPS) is 10.2. The van der Waals surface area contributed by atoms with Crippen molar-refractivity contribution in [2.24, 2.45) is 0 Å². The number of nitrogens with one attached hydrogen (secondary N) is 1. The molecule has 0 aliphatic rings. The second-order valence-electron chi connectivity index (χ2n) is 3.98. The Labute approximate surface area is 106 Å². The Hall–Kier alpha value is -1.67. The molecule has 3 heteroatoms. The first-order valence-electron chi connectivity index (χ1n) is 5.43. The number of halogens is 1. The highest BCUT2D eigenvalue weighted by Gasteiger charge is 1.99. The van der Waals surface area contributed by atoms with Gasteiger partial charge in [-0.3, -0.25) is 0 Å². The predicted molar refractivity (Wildman–Crippen MR) is 71.6 cm³/mol. The van der Waals surface area contributed by atoms with Crippen molar-refractivity contribution in [1.29, 1.82) is 0 Å². The van der Waals surface area contributed by atoms with E-state index in [-0.39, 0.29) is 0 Å². The molecule has 2 nitrogen and oxygen atoms in total. The molecule has 17 heavy (non-hydrogen) atoms. The molecule has 0 amide bonds. The van der Waals surface area contributed by atoms with Gasteiger partial charge in [0.25, 0.3) is 0 Å². The third-order valence-electron chi connectivity index (χ3n) is 2.61. The van der Waals surface area contributed by atoms with Crippen LogP contribution in [-0.4, -0.2) is 5.11 Å². The zero-order chi connectivity index (χ0) is 12.3. The first kappa shape index (κ1) is 11.8. The maximum Gasteiger partial charge on any atom is 0.115 e. The van der Waals surface area contributed by atoms with Crippen LogP contribution in [0.2, 0.25) is 5.02 Å². The molecule has 0 spiro atoms. The van der Waals surface area contributed by atoms with Gasteiger partial charge in [0.05, 0.1) is 0 Å². The SMILES string of the molecule is Cc1cc(O)ccc1NCc1ccc(Cl)cc1. The van der Waals surface area contributed by atoms with Gasteiger partial charge in [-0.15, -0.1) is 0 Å². The Kier molecular flexibility index (Phi) is 3.55. The van der Waals surface area contributed by atoms with Crippen LogP contribution < -0.4 is 5.32 Å². The average Bonchev–Trinajstić information content (AvgIpc) is 2.30. The number of aryl methyl sites for hydroxylation is 1. The molecule has 0 atom stereocenters. The van der Waals surface area contributed by atoms with E-state index in [4.69, 9.17) is 11.6 Å². The van der Waals surface area contributed by atoms with Gasteiger partial charge in [-0.2, -0.15) is 0 Å². The van der Waals surface area contributed by atoms with E-state index in [9.17, 15) is 5.11 Å². The van der Waals surface area contributed by atoms with Crippen molar-refractivity contribution in [3.05, 3.63) is 58.6 Å². The molecule has 0 saturated carbocycles. The van der Waals surface area contributed by atoms with Crippen LogP contribution in [0, 0.1) is 6.92 Å². The molecule has 0 heterocycles. The van der Waals surface area contributed by atoms with E-state index in [0.29, 0.717) is 5.75 Å². The van der Waals surface area contributed by atoms with Crippen LogP contribution in [0.15, 0.2) is 42.5 Å². The van der Waals surface area contributed by atoms with E-state index in [1.54, 1.807) is 12.1 Å². The number of benzene rings is 2. The lowest BCUT2D eigenvalue weighted by Gasteiger charge is -2.09. The van der Waals surface area contributed by atoms with Crippen LogP contribution >= 0.6 is 11.6 Å². The monoisotopic (exact) mass is 247 g/mol. The summed E-state index contributed by atoms with van der Waals surface area (Å²) in [6.45, 7) is 2.70. The molecule has 0 saturated heterocycles. The largest absolute Gasteiger partial charge is 0.508 e. The Bertz CT molecular complexity index is 508. The molecule has 0 unspecified atom stereocenters. The summed E-state index contributed by atoms with van der Waals surface area (Å²) < 4.78 is 0.